The van der Waals surface area contributed by atoms with E-state index in [4.69, 9.17) is 4.74 Å². The lowest BCUT2D eigenvalue weighted by molar-refractivity contribution is 0.0163. The van der Waals surface area contributed by atoms with Gasteiger partial charge in [0.25, 0.3) is 0 Å². The Balaban J connectivity index is 1.65. The van der Waals surface area contributed by atoms with Gasteiger partial charge in [-0.15, -0.1) is 11.8 Å². The summed E-state index contributed by atoms with van der Waals surface area (Å²) >= 11 is 1.83. The van der Waals surface area contributed by atoms with Gasteiger partial charge in [0, 0.05) is 24.3 Å². The number of piperidine rings is 1. The van der Waals surface area contributed by atoms with E-state index in [9.17, 15) is 8.42 Å². The lowest BCUT2D eigenvalue weighted by atomic mass is 10.1. The number of ether oxygens (including phenoxy) is 1. The normalized spacial score (nSPS) is 23.0. The van der Waals surface area contributed by atoms with Crippen LogP contribution in [-0.4, -0.2) is 43.1 Å². The summed E-state index contributed by atoms with van der Waals surface area (Å²) in [4.78, 5) is -0.130. The second kappa shape index (κ2) is 6.12. The minimum absolute atomic E-state index is 0.130. The van der Waals surface area contributed by atoms with Crippen LogP contribution in [0, 0.1) is 0 Å². The number of benzene rings is 1. The first-order chi connectivity index (χ1) is 10.1. The Labute approximate surface area is 130 Å². The number of rotatable bonds is 3. The molecule has 0 unspecified atom stereocenters. The van der Waals surface area contributed by atoms with Crippen molar-refractivity contribution < 1.29 is 13.2 Å². The summed E-state index contributed by atoms with van der Waals surface area (Å²) in [6.45, 7) is 1.86. The first-order valence-corrected chi connectivity index (χ1v) is 9.60. The van der Waals surface area contributed by atoms with E-state index in [1.54, 1.807) is 10.4 Å². The Morgan fingerprint density at radius 3 is 2.52 bits per heavy atom. The van der Waals surface area contributed by atoms with Crippen LogP contribution in [0.3, 0.4) is 0 Å². The first kappa shape index (κ1) is 15.1. The number of thioether (sulfide) groups is 1. The number of sulfonamides is 1. The molecule has 0 saturated carbocycles. The molecule has 3 rings (SSSR count). The zero-order valence-corrected chi connectivity index (χ0v) is 13.4. The van der Waals surface area contributed by atoms with Crippen molar-refractivity contribution in [2.75, 3.05) is 25.4 Å². The SMILES string of the molecule is O=S(=O)(/C=C/c1ccccc1)N1CCC2(CC1)OCCS2. The second-order valence-electron chi connectivity index (χ2n) is 5.27. The Morgan fingerprint density at radius 1 is 1.19 bits per heavy atom. The summed E-state index contributed by atoms with van der Waals surface area (Å²) in [6, 6.07) is 9.48. The minimum Gasteiger partial charge on any atom is -0.363 e. The quantitative estimate of drug-likeness (QED) is 0.857. The molecular weight excluding hydrogens is 306 g/mol. The molecular formula is C15H19NO3S2. The maximum Gasteiger partial charge on any atom is 0.236 e. The molecule has 1 aromatic carbocycles. The summed E-state index contributed by atoms with van der Waals surface area (Å²) in [5, 5.41) is 1.31. The van der Waals surface area contributed by atoms with Gasteiger partial charge in [0.1, 0.15) is 4.93 Å². The van der Waals surface area contributed by atoms with E-state index in [0.29, 0.717) is 13.1 Å². The van der Waals surface area contributed by atoms with Crippen molar-refractivity contribution in [1.29, 1.82) is 0 Å². The minimum atomic E-state index is -3.34. The average molecular weight is 325 g/mol. The molecule has 0 radical (unpaired) electrons. The maximum absolute atomic E-state index is 12.4. The average Bonchev–Trinajstić information content (AvgIpc) is 2.95. The molecule has 1 aromatic rings. The van der Waals surface area contributed by atoms with Crippen LogP contribution in [0.25, 0.3) is 6.08 Å². The first-order valence-electron chi connectivity index (χ1n) is 7.11. The van der Waals surface area contributed by atoms with Crippen molar-refractivity contribution in [2.24, 2.45) is 0 Å². The summed E-state index contributed by atoms with van der Waals surface area (Å²) in [5.41, 5.74) is 0.893. The lowest BCUT2D eigenvalue weighted by Crippen LogP contribution is -2.44. The molecule has 0 N–H and O–H groups in total. The Kier molecular flexibility index (Phi) is 4.40. The van der Waals surface area contributed by atoms with Crippen LogP contribution in [0.1, 0.15) is 18.4 Å². The van der Waals surface area contributed by atoms with Gasteiger partial charge in [-0.25, -0.2) is 8.42 Å². The molecule has 2 saturated heterocycles. The topological polar surface area (TPSA) is 46.6 Å². The van der Waals surface area contributed by atoms with Crippen LogP contribution in [0.5, 0.6) is 0 Å². The molecule has 2 fully saturated rings. The number of hydrogen-bond acceptors (Lipinski definition) is 4. The zero-order valence-electron chi connectivity index (χ0n) is 11.8. The van der Waals surface area contributed by atoms with Crippen LogP contribution in [0.15, 0.2) is 35.7 Å². The van der Waals surface area contributed by atoms with Crippen molar-refractivity contribution in [3.8, 4) is 0 Å². The van der Waals surface area contributed by atoms with Crippen molar-refractivity contribution in [1.82, 2.24) is 4.31 Å². The van der Waals surface area contributed by atoms with E-state index in [1.165, 1.54) is 5.41 Å². The van der Waals surface area contributed by atoms with Crippen molar-refractivity contribution in [3.05, 3.63) is 41.3 Å². The largest absolute Gasteiger partial charge is 0.363 e. The van der Waals surface area contributed by atoms with Gasteiger partial charge in [-0.1, -0.05) is 30.3 Å². The van der Waals surface area contributed by atoms with Crippen LogP contribution < -0.4 is 0 Å². The predicted molar refractivity (Wildman–Crippen MR) is 86.3 cm³/mol. The molecule has 6 heteroatoms. The molecule has 2 aliphatic heterocycles. The van der Waals surface area contributed by atoms with E-state index in [2.05, 4.69) is 0 Å². The van der Waals surface area contributed by atoms with Crippen molar-refractivity contribution in [3.63, 3.8) is 0 Å². The Morgan fingerprint density at radius 2 is 1.90 bits per heavy atom. The third kappa shape index (κ3) is 3.51. The molecule has 21 heavy (non-hydrogen) atoms. The molecule has 114 valence electrons. The maximum atomic E-state index is 12.4. The molecule has 0 aromatic heterocycles. The summed E-state index contributed by atoms with van der Waals surface area (Å²) < 4.78 is 32.1. The standard InChI is InChI=1S/C15H19NO3S2/c17-21(18,13-6-14-4-2-1-3-5-14)16-9-7-15(8-10-16)19-11-12-20-15/h1-6,13H,7-12H2/b13-6+. The molecule has 2 aliphatic rings. The van der Waals surface area contributed by atoms with Crippen LogP contribution in [-0.2, 0) is 14.8 Å². The van der Waals surface area contributed by atoms with E-state index in [1.807, 2.05) is 42.1 Å². The highest BCUT2D eigenvalue weighted by atomic mass is 32.2. The fourth-order valence-electron chi connectivity index (χ4n) is 2.68. The van der Waals surface area contributed by atoms with Gasteiger partial charge in [-0.05, 0) is 24.5 Å². The highest BCUT2D eigenvalue weighted by Crippen LogP contribution is 2.41. The summed E-state index contributed by atoms with van der Waals surface area (Å²) in [5.74, 6) is 1.01. The Bertz CT molecular complexity index is 597. The van der Waals surface area contributed by atoms with E-state index >= 15 is 0 Å². The smallest absolute Gasteiger partial charge is 0.236 e. The van der Waals surface area contributed by atoms with Gasteiger partial charge in [-0.2, -0.15) is 4.31 Å². The molecule has 0 aliphatic carbocycles. The predicted octanol–water partition coefficient (Wildman–Crippen LogP) is 2.54. The van der Waals surface area contributed by atoms with Crippen molar-refractivity contribution in [2.45, 2.75) is 17.8 Å². The summed E-state index contributed by atoms with van der Waals surface area (Å²) in [6.07, 6.45) is 3.20. The molecule has 1 spiro atoms. The third-order valence-corrected chi connectivity index (χ3v) is 6.88. The Hall–Kier alpha value is -0.820. The monoisotopic (exact) mass is 325 g/mol. The van der Waals surface area contributed by atoms with Gasteiger partial charge in [-0.3, -0.25) is 0 Å². The lowest BCUT2D eigenvalue weighted by Gasteiger charge is -2.36. The second-order valence-corrected chi connectivity index (χ2v) is 8.52. The van der Waals surface area contributed by atoms with E-state index in [0.717, 1.165) is 30.8 Å². The van der Waals surface area contributed by atoms with Crippen LogP contribution in [0.2, 0.25) is 0 Å². The molecule has 4 nitrogen and oxygen atoms in total. The van der Waals surface area contributed by atoms with Gasteiger partial charge in [0.2, 0.25) is 10.0 Å². The molecule has 0 amide bonds. The molecule has 2 heterocycles. The van der Waals surface area contributed by atoms with Gasteiger partial charge >= 0.3 is 0 Å². The zero-order chi connectivity index (χ0) is 14.8. The van der Waals surface area contributed by atoms with Gasteiger partial charge in [0.15, 0.2) is 0 Å². The number of nitrogens with zero attached hydrogens (tertiary/aromatic N) is 1. The van der Waals surface area contributed by atoms with Crippen LogP contribution in [0.4, 0.5) is 0 Å². The third-order valence-electron chi connectivity index (χ3n) is 3.89. The van der Waals surface area contributed by atoms with Crippen molar-refractivity contribution >= 4 is 27.9 Å². The van der Waals surface area contributed by atoms with E-state index < -0.39 is 10.0 Å². The fourth-order valence-corrected chi connectivity index (χ4v) is 5.05. The summed E-state index contributed by atoms with van der Waals surface area (Å²) in [7, 11) is -3.34. The van der Waals surface area contributed by atoms with E-state index in [-0.39, 0.29) is 4.93 Å². The molecule has 0 bridgehead atoms. The van der Waals surface area contributed by atoms with Gasteiger partial charge < -0.3 is 4.74 Å². The van der Waals surface area contributed by atoms with Gasteiger partial charge in [0.05, 0.1) is 6.61 Å². The van der Waals surface area contributed by atoms with Crippen LogP contribution >= 0.6 is 11.8 Å². The number of hydrogen-bond donors (Lipinski definition) is 0. The molecule has 0 atom stereocenters. The fraction of sp³-hybridized carbons (Fsp3) is 0.467. The highest BCUT2D eigenvalue weighted by molar-refractivity contribution is 8.00. The highest BCUT2D eigenvalue weighted by Gasteiger charge is 2.41.